The predicted octanol–water partition coefficient (Wildman–Crippen LogP) is 4.80. The minimum absolute atomic E-state index is 0.173. The largest absolute Gasteiger partial charge is 0.478 e. The molecule has 0 saturated carbocycles. The predicted molar refractivity (Wildman–Crippen MR) is 92.9 cm³/mol. The number of aryl methyl sites for hydroxylation is 1. The van der Waals surface area contributed by atoms with Gasteiger partial charge in [-0.05, 0) is 55.0 Å². The van der Waals surface area contributed by atoms with Crippen molar-refractivity contribution in [3.63, 3.8) is 0 Å². The summed E-state index contributed by atoms with van der Waals surface area (Å²) in [6, 6.07) is 15.4. The van der Waals surface area contributed by atoms with Crippen molar-refractivity contribution >= 4 is 5.97 Å². The zero-order valence-electron chi connectivity index (χ0n) is 13.8. The van der Waals surface area contributed by atoms with Crippen molar-refractivity contribution in [3.8, 4) is 11.1 Å². The average Bonchev–Trinajstić information content (AvgIpc) is 2.58. The summed E-state index contributed by atoms with van der Waals surface area (Å²) in [6.07, 6.45) is 2.86. The third-order valence-corrected chi connectivity index (χ3v) is 3.86. The minimum atomic E-state index is -0.888. The lowest BCUT2D eigenvalue weighted by molar-refractivity contribution is 0.0610. The summed E-state index contributed by atoms with van der Waals surface area (Å²) in [4.78, 5) is 11.3. The van der Waals surface area contributed by atoms with Crippen LogP contribution in [-0.4, -0.2) is 23.8 Å². The van der Waals surface area contributed by atoms with Crippen LogP contribution in [0.1, 0.15) is 42.6 Å². The first-order chi connectivity index (χ1) is 11.1. The van der Waals surface area contributed by atoms with E-state index in [2.05, 4.69) is 26.0 Å². The number of benzene rings is 2. The van der Waals surface area contributed by atoms with Crippen LogP contribution in [0.4, 0.5) is 0 Å². The van der Waals surface area contributed by atoms with Crippen molar-refractivity contribution < 1.29 is 14.6 Å². The molecule has 3 heteroatoms. The average molecular weight is 312 g/mol. The van der Waals surface area contributed by atoms with Crippen LogP contribution in [0.25, 0.3) is 11.1 Å². The van der Waals surface area contributed by atoms with E-state index in [9.17, 15) is 9.90 Å². The maximum atomic E-state index is 11.3. The van der Waals surface area contributed by atoms with Crippen molar-refractivity contribution in [2.45, 2.75) is 39.2 Å². The zero-order valence-corrected chi connectivity index (χ0v) is 13.8. The van der Waals surface area contributed by atoms with Crippen molar-refractivity contribution in [1.29, 1.82) is 0 Å². The van der Waals surface area contributed by atoms with Crippen molar-refractivity contribution in [2.75, 3.05) is 6.61 Å². The molecule has 1 atom stereocenters. The van der Waals surface area contributed by atoms with Crippen LogP contribution in [0.3, 0.4) is 0 Å². The van der Waals surface area contributed by atoms with Gasteiger partial charge in [-0.15, -0.1) is 0 Å². The standard InChI is InChI=1S/C20H24O3/c1-3-13-23-15(2)9-10-17-14-18(20(21)22)11-12-19(17)16-7-5-4-6-8-16/h4-8,11-12,14-15H,3,9-10,13H2,1-2H3,(H,21,22). The second-order valence-electron chi connectivity index (χ2n) is 5.76. The van der Waals surface area contributed by atoms with Gasteiger partial charge in [-0.2, -0.15) is 0 Å². The summed E-state index contributed by atoms with van der Waals surface area (Å²) in [7, 11) is 0. The van der Waals surface area contributed by atoms with E-state index in [0.717, 1.165) is 42.6 Å². The van der Waals surface area contributed by atoms with E-state index in [-0.39, 0.29) is 6.10 Å². The van der Waals surface area contributed by atoms with E-state index >= 15 is 0 Å². The molecule has 0 aliphatic carbocycles. The zero-order chi connectivity index (χ0) is 16.7. The summed E-state index contributed by atoms with van der Waals surface area (Å²) in [5.74, 6) is -0.888. The lowest BCUT2D eigenvalue weighted by Gasteiger charge is -2.15. The first kappa shape index (κ1) is 17.2. The molecule has 3 nitrogen and oxygen atoms in total. The molecule has 0 spiro atoms. The van der Waals surface area contributed by atoms with E-state index in [0.29, 0.717) is 5.56 Å². The Bertz CT molecular complexity index is 635. The van der Waals surface area contributed by atoms with Gasteiger partial charge in [-0.25, -0.2) is 4.79 Å². The quantitative estimate of drug-likeness (QED) is 0.761. The van der Waals surface area contributed by atoms with Gasteiger partial charge in [0.25, 0.3) is 0 Å². The van der Waals surface area contributed by atoms with E-state index in [1.807, 2.05) is 24.3 Å². The van der Waals surface area contributed by atoms with Gasteiger partial charge in [0.2, 0.25) is 0 Å². The fraction of sp³-hybridized carbons (Fsp3) is 0.350. The van der Waals surface area contributed by atoms with Crippen LogP contribution in [0.15, 0.2) is 48.5 Å². The van der Waals surface area contributed by atoms with E-state index in [4.69, 9.17) is 4.74 Å². The molecule has 0 aliphatic rings. The first-order valence-electron chi connectivity index (χ1n) is 8.15. The summed E-state index contributed by atoms with van der Waals surface area (Å²) in [6.45, 7) is 4.93. The maximum Gasteiger partial charge on any atom is 0.335 e. The van der Waals surface area contributed by atoms with Gasteiger partial charge >= 0.3 is 5.97 Å². The second-order valence-corrected chi connectivity index (χ2v) is 5.76. The van der Waals surface area contributed by atoms with Crippen LogP contribution in [-0.2, 0) is 11.2 Å². The van der Waals surface area contributed by atoms with Crippen molar-refractivity contribution in [2.24, 2.45) is 0 Å². The third kappa shape index (κ3) is 4.93. The molecule has 0 aromatic heterocycles. The molecule has 0 bridgehead atoms. The van der Waals surface area contributed by atoms with Crippen LogP contribution in [0.2, 0.25) is 0 Å². The Morgan fingerprint density at radius 3 is 2.57 bits per heavy atom. The molecule has 0 saturated heterocycles. The molecular formula is C20H24O3. The van der Waals surface area contributed by atoms with Crippen LogP contribution in [0.5, 0.6) is 0 Å². The maximum absolute atomic E-state index is 11.3. The number of carboxylic acids is 1. The van der Waals surface area contributed by atoms with Crippen molar-refractivity contribution in [1.82, 2.24) is 0 Å². The second kappa shape index (κ2) is 8.49. The Kier molecular flexibility index (Phi) is 6.36. The highest BCUT2D eigenvalue weighted by atomic mass is 16.5. The SMILES string of the molecule is CCCOC(C)CCc1cc(C(=O)O)ccc1-c1ccccc1. The third-order valence-electron chi connectivity index (χ3n) is 3.86. The van der Waals surface area contributed by atoms with Crippen molar-refractivity contribution in [3.05, 3.63) is 59.7 Å². The Balaban J connectivity index is 2.23. The minimum Gasteiger partial charge on any atom is -0.478 e. The fourth-order valence-electron chi connectivity index (χ4n) is 2.59. The molecular weight excluding hydrogens is 288 g/mol. The number of rotatable bonds is 8. The molecule has 2 aromatic carbocycles. The Labute approximate surface area is 137 Å². The number of aromatic carboxylic acids is 1. The fourth-order valence-corrected chi connectivity index (χ4v) is 2.59. The van der Waals surface area contributed by atoms with Crippen LogP contribution < -0.4 is 0 Å². The highest BCUT2D eigenvalue weighted by Gasteiger charge is 2.11. The van der Waals surface area contributed by atoms with Gasteiger partial charge in [0.05, 0.1) is 11.7 Å². The Morgan fingerprint density at radius 1 is 1.17 bits per heavy atom. The summed E-state index contributed by atoms with van der Waals surface area (Å²) in [5, 5.41) is 9.24. The molecule has 2 rings (SSSR count). The lowest BCUT2D eigenvalue weighted by atomic mass is 9.94. The number of ether oxygens (including phenoxy) is 1. The van der Waals surface area contributed by atoms with Gasteiger partial charge in [-0.1, -0.05) is 43.3 Å². The molecule has 1 N–H and O–H groups in total. The molecule has 2 aromatic rings. The summed E-state index contributed by atoms with van der Waals surface area (Å²) >= 11 is 0. The molecule has 0 amide bonds. The molecule has 0 aliphatic heterocycles. The topological polar surface area (TPSA) is 46.5 Å². The van der Waals surface area contributed by atoms with E-state index < -0.39 is 5.97 Å². The summed E-state index contributed by atoms with van der Waals surface area (Å²) in [5.41, 5.74) is 3.60. The number of hydrogen-bond acceptors (Lipinski definition) is 2. The van der Waals surface area contributed by atoms with Gasteiger partial charge in [0.15, 0.2) is 0 Å². The van der Waals surface area contributed by atoms with E-state index in [1.54, 1.807) is 12.1 Å². The smallest absolute Gasteiger partial charge is 0.335 e. The van der Waals surface area contributed by atoms with Crippen LogP contribution >= 0.6 is 0 Å². The highest BCUT2D eigenvalue weighted by Crippen LogP contribution is 2.26. The first-order valence-corrected chi connectivity index (χ1v) is 8.15. The molecule has 122 valence electrons. The number of carbonyl (C=O) groups is 1. The Hall–Kier alpha value is -2.13. The molecule has 0 radical (unpaired) electrons. The van der Waals surface area contributed by atoms with Gasteiger partial charge in [0, 0.05) is 6.61 Å². The monoisotopic (exact) mass is 312 g/mol. The molecule has 0 fully saturated rings. The lowest BCUT2D eigenvalue weighted by Crippen LogP contribution is -2.10. The normalized spacial score (nSPS) is 12.1. The molecule has 1 unspecified atom stereocenters. The highest BCUT2D eigenvalue weighted by molar-refractivity contribution is 5.89. The summed E-state index contributed by atoms with van der Waals surface area (Å²) < 4.78 is 5.72. The van der Waals surface area contributed by atoms with Crippen LogP contribution in [0, 0.1) is 0 Å². The van der Waals surface area contributed by atoms with E-state index in [1.165, 1.54) is 0 Å². The van der Waals surface area contributed by atoms with Gasteiger partial charge in [-0.3, -0.25) is 0 Å². The van der Waals surface area contributed by atoms with Gasteiger partial charge in [0.1, 0.15) is 0 Å². The molecule has 0 heterocycles. The van der Waals surface area contributed by atoms with Gasteiger partial charge < -0.3 is 9.84 Å². The number of carboxylic acid groups (broad SMARTS) is 1. The molecule has 23 heavy (non-hydrogen) atoms. The Morgan fingerprint density at radius 2 is 1.91 bits per heavy atom. The number of hydrogen-bond donors (Lipinski definition) is 1.